The van der Waals surface area contributed by atoms with Crippen molar-refractivity contribution in [1.82, 2.24) is 4.98 Å². The number of nitrogens with zero attached hydrogens (tertiary/aromatic N) is 1. The molecule has 2 aromatic rings. The number of rotatable bonds is 5. The van der Waals surface area contributed by atoms with E-state index in [-0.39, 0.29) is 10.7 Å². The van der Waals surface area contributed by atoms with Gasteiger partial charge in [0.15, 0.2) is 0 Å². The minimum Gasteiger partial charge on any atom is -0.384 e. The summed E-state index contributed by atoms with van der Waals surface area (Å²) in [6.07, 6.45) is 2.79. The van der Waals surface area contributed by atoms with E-state index in [4.69, 9.17) is 0 Å². The first-order valence-electron chi connectivity index (χ1n) is 6.41. The maximum Gasteiger partial charge on any atom is 0.265 e. The van der Waals surface area contributed by atoms with E-state index < -0.39 is 10.0 Å². The lowest BCUT2D eigenvalue weighted by molar-refractivity contribution is 0.600. The second-order valence-corrected chi connectivity index (χ2v) is 6.12. The minimum absolute atomic E-state index is 0.0498. The van der Waals surface area contributed by atoms with E-state index >= 15 is 0 Å². The van der Waals surface area contributed by atoms with Gasteiger partial charge in [-0.05, 0) is 43.7 Å². The molecule has 1 aromatic carbocycles. The molecule has 0 bridgehead atoms. The van der Waals surface area contributed by atoms with Gasteiger partial charge in [-0.25, -0.2) is 12.8 Å². The van der Waals surface area contributed by atoms with Crippen molar-refractivity contribution in [2.24, 2.45) is 0 Å². The quantitative estimate of drug-likeness (QED) is 0.891. The first-order valence-corrected chi connectivity index (χ1v) is 7.89. The maximum absolute atomic E-state index is 13.2. The van der Waals surface area contributed by atoms with Crippen LogP contribution in [0.3, 0.4) is 0 Å². The van der Waals surface area contributed by atoms with Gasteiger partial charge in [0, 0.05) is 24.6 Å². The summed E-state index contributed by atoms with van der Waals surface area (Å²) in [4.78, 5) is 3.90. The Hall–Kier alpha value is -2.15. The zero-order chi connectivity index (χ0) is 15.5. The number of benzene rings is 1. The van der Waals surface area contributed by atoms with Crippen molar-refractivity contribution in [2.45, 2.75) is 18.7 Å². The summed E-state index contributed by atoms with van der Waals surface area (Å²) >= 11 is 0. The maximum atomic E-state index is 13.2. The van der Waals surface area contributed by atoms with Crippen LogP contribution < -0.4 is 10.0 Å². The third-order valence-corrected chi connectivity index (χ3v) is 4.26. The van der Waals surface area contributed by atoms with Crippen molar-refractivity contribution < 1.29 is 12.8 Å². The fourth-order valence-electron chi connectivity index (χ4n) is 1.85. The lowest BCUT2D eigenvalue weighted by Crippen LogP contribution is -2.16. The first-order chi connectivity index (χ1) is 9.94. The predicted molar refractivity (Wildman–Crippen MR) is 80.3 cm³/mol. The smallest absolute Gasteiger partial charge is 0.265 e. The van der Waals surface area contributed by atoms with Crippen molar-refractivity contribution in [3.8, 4) is 0 Å². The van der Waals surface area contributed by atoms with Crippen LogP contribution in [0.5, 0.6) is 0 Å². The molecule has 21 heavy (non-hydrogen) atoms. The number of halogens is 1. The van der Waals surface area contributed by atoms with Crippen molar-refractivity contribution in [3.05, 3.63) is 48.0 Å². The zero-order valence-corrected chi connectivity index (χ0v) is 12.5. The summed E-state index contributed by atoms with van der Waals surface area (Å²) in [5, 5.41) is 2.97. The summed E-state index contributed by atoms with van der Waals surface area (Å²) in [7, 11) is -3.79. The molecular weight excluding hydrogens is 293 g/mol. The molecule has 0 amide bonds. The molecule has 0 radical (unpaired) electrons. The second-order valence-electron chi connectivity index (χ2n) is 4.47. The number of sulfonamides is 1. The predicted octanol–water partition coefficient (Wildman–Crippen LogP) is 2.76. The molecule has 1 aromatic heterocycles. The second kappa shape index (κ2) is 6.09. The average Bonchev–Trinajstić information content (AvgIpc) is 2.43. The van der Waals surface area contributed by atoms with Crippen LogP contribution in [-0.4, -0.2) is 19.9 Å². The number of nitrogens with one attached hydrogen (secondary N) is 2. The molecule has 7 heteroatoms. The highest BCUT2D eigenvalue weighted by atomic mass is 32.2. The van der Waals surface area contributed by atoms with Crippen LogP contribution in [0, 0.1) is 12.7 Å². The Kier molecular flexibility index (Phi) is 4.42. The Morgan fingerprint density at radius 3 is 2.71 bits per heavy atom. The van der Waals surface area contributed by atoms with Gasteiger partial charge in [0.2, 0.25) is 0 Å². The average molecular weight is 309 g/mol. The van der Waals surface area contributed by atoms with Crippen molar-refractivity contribution in [2.75, 3.05) is 16.6 Å². The molecule has 0 unspecified atom stereocenters. The van der Waals surface area contributed by atoms with E-state index in [2.05, 4.69) is 15.0 Å². The van der Waals surface area contributed by atoms with E-state index in [0.717, 1.165) is 0 Å². The number of hydrogen-bond donors (Lipinski definition) is 2. The number of hydrogen-bond acceptors (Lipinski definition) is 4. The monoisotopic (exact) mass is 309 g/mol. The van der Waals surface area contributed by atoms with Gasteiger partial charge in [0.25, 0.3) is 10.0 Å². The first kappa shape index (κ1) is 15.2. The molecule has 112 valence electrons. The Labute approximate surface area is 123 Å². The van der Waals surface area contributed by atoms with E-state index in [9.17, 15) is 12.8 Å². The summed E-state index contributed by atoms with van der Waals surface area (Å²) < 4.78 is 40.5. The lowest BCUT2D eigenvalue weighted by atomic mass is 10.2. The largest absolute Gasteiger partial charge is 0.384 e. The van der Waals surface area contributed by atoms with Crippen LogP contribution in [0.15, 0.2) is 41.6 Å². The van der Waals surface area contributed by atoms with Gasteiger partial charge in [0.1, 0.15) is 10.7 Å². The standard InChI is InChI=1S/C14H16FN3O2S/c1-3-17-13-6-7-16-9-14(13)21(19,20)18-11-4-5-12(15)10(2)8-11/h4-9,18H,3H2,1-2H3,(H,16,17). The third-order valence-electron chi connectivity index (χ3n) is 2.85. The Bertz CT molecular complexity index is 748. The van der Waals surface area contributed by atoms with E-state index in [1.165, 1.54) is 30.6 Å². The summed E-state index contributed by atoms with van der Waals surface area (Å²) in [5.74, 6) is -0.382. The molecule has 0 aliphatic carbocycles. The SMILES string of the molecule is CCNc1ccncc1S(=O)(=O)Nc1ccc(F)c(C)c1. The van der Waals surface area contributed by atoms with Crippen LogP contribution >= 0.6 is 0 Å². The molecule has 0 spiro atoms. The van der Waals surface area contributed by atoms with Gasteiger partial charge >= 0.3 is 0 Å². The molecule has 5 nitrogen and oxygen atoms in total. The van der Waals surface area contributed by atoms with Gasteiger partial charge in [-0.3, -0.25) is 9.71 Å². The highest BCUT2D eigenvalue weighted by molar-refractivity contribution is 7.92. The zero-order valence-electron chi connectivity index (χ0n) is 11.7. The van der Waals surface area contributed by atoms with Gasteiger partial charge in [-0.15, -0.1) is 0 Å². The van der Waals surface area contributed by atoms with Crippen molar-refractivity contribution >= 4 is 21.4 Å². The third kappa shape index (κ3) is 3.49. The molecular formula is C14H16FN3O2S. The molecule has 2 rings (SSSR count). The fraction of sp³-hybridized carbons (Fsp3) is 0.214. The van der Waals surface area contributed by atoms with Gasteiger partial charge in [-0.2, -0.15) is 0 Å². The van der Waals surface area contributed by atoms with Crippen LogP contribution in [0.25, 0.3) is 0 Å². The van der Waals surface area contributed by atoms with Crippen LogP contribution in [0.1, 0.15) is 12.5 Å². The molecule has 0 aliphatic heterocycles. The van der Waals surface area contributed by atoms with Crippen LogP contribution in [0.4, 0.5) is 15.8 Å². The van der Waals surface area contributed by atoms with Gasteiger partial charge in [0.05, 0.1) is 5.69 Å². The number of pyridine rings is 1. The molecule has 0 atom stereocenters. The fourth-order valence-corrected chi connectivity index (χ4v) is 3.03. The van der Waals surface area contributed by atoms with Gasteiger partial charge < -0.3 is 5.32 Å². The summed E-state index contributed by atoms with van der Waals surface area (Å²) in [6.45, 7) is 4.02. The topological polar surface area (TPSA) is 71.1 Å². The van der Waals surface area contributed by atoms with Crippen LogP contribution in [-0.2, 0) is 10.0 Å². The van der Waals surface area contributed by atoms with Gasteiger partial charge in [-0.1, -0.05) is 0 Å². The Morgan fingerprint density at radius 1 is 1.29 bits per heavy atom. The molecule has 0 aliphatic rings. The lowest BCUT2D eigenvalue weighted by Gasteiger charge is -2.12. The highest BCUT2D eigenvalue weighted by Crippen LogP contribution is 2.23. The molecule has 1 heterocycles. The normalized spacial score (nSPS) is 11.2. The minimum atomic E-state index is -3.79. The molecule has 0 saturated carbocycles. The van der Waals surface area contributed by atoms with E-state index in [0.29, 0.717) is 23.5 Å². The molecule has 0 fully saturated rings. The van der Waals surface area contributed by atoms with Crippen LogP contribution in [0.2, 0.25) is 0 Å². The number of aryl methyl sites for hydroxylation is 1. The Balaban J connectivity index is 2.36. The van der Waals surface area contributed by atoms with E-state index in [1.807, 2.05) is 6.92 Å². The van der Waals surface area contributed by atoms with Crippen molar-refractivity contribution in [1.29, 1.82) is 0 Å². The van der Waals surface area contributed by atoms with Crippen molar-refractivity contribution in [3.63, 3.8) is 0 Å². The number of aromatic nitrogens is 1. The Morgan fingerprint density at radius 2 is 2.05 bits per heavy atom. The summed E-state index contributed by atoms with van der Waals surface area (Å²) in [6, 6.07) is 5.63. The highest BCUT2D eigenvalue weighted by Gasteiger charge is 2.19. The number of anilines is 2. The molecule has 0 saturated heterocycles. The molecule has 2 N–H and O–H groups in total. The van der Waals surface area contributed by atoms with E-state index in [1.54, 1.807) is 13.0 Å². The summed E-state index contributed by atoms with van der Waals surface area (Å²) in [5.41, 5.74) is 1.15.